The number of thiophene rings is 2. The fraction of sp³-hybridized carbons (Fsp3) is 0. The lowest BCUT2D eigenvalue weighted by Crippen LogP contribution is -1.83. The lowest BCUT2D eigenvalue weighted by Gasteiger charge is -2.09. The van der Waals surface area contributed by atoms with Crippen LogP contribution in [0.3, 0.4) is 0 Å². The van der Waals surface area contributed by atoms with E-state index >= 15 is 0 Å². The third-order valence-corrected chi connectivity index (χ3v) is 9.08. The van der Waals surface area contributed by atoms with Gasteiger partial charge in [-0.15, -0.1) is 22.7 Å². The Morgan fingerprint density at radius 1 is 0.394 bits per heavy atom. The molecule has 0 spiro atoms. The zero-order valence-corrected chi connectivity index (χ0v) is 20.7. The van der Waals surface area contributed by atoms with Crippen molar-refractivity contribution in [2.24, 2.45) is 0 Å². The van der Waals surface area contributed by atoms with Crippen LogP contribution in [0.2, 0.25) is 0 Å². The van der Waals surface area contributed by atoms with Gasteiger partial charge < -0.3 is 0 Å². The van der Waals surface area contributed by atoms with E-state index in [0.29, 0.717) is 0 Å². The molecule has 0 amide bonds. The second-order valence-corrected chi connectivity index (χ2v) is 11.4. The molecule has 0 unspecified atom stereocenters. The summed E-state index contributed by atoms with van der Waals surface area (Å²) in [4.78, 5) is 0. The maximum atomic E-state index is 3.78. The van der Waals surface area contributed by atoms with Crippen LogP contribution in [0.15, 0.2) is 108 Å². The Bertz CT molecular complexity index is 1710. The van der Waals surface area contributed by atoms with Crippen LogP contribution in [0.4, 0.5) is 0 Å². The van der Waals surface area contributed by atoms with Gasteiger partial charge in [-0.25, -0.2) is 0 Å². The number of halogens is 1. The normalized spacial score (nSPS) is 11.8. The average molecular weight is 522 g/mol. The van der Waals surface area contributed by atoms with Crippen molar-refractivity contribution in [3.05, 3.63) is 108 Å². The number of benzene rings is 5. The van der Waals surface area contributed by atoms with Crippen LogP contribution >= 0.6 is 38.6 Å². The summed E-state index contributed by atoms with van der Waals surface area (Å²) in [6.07, 6.45) is 0. The highest BCUT2D eigenvalue weighted by atomic mass is 79.9. The minimum absolute atomic E-state index is 1.10. The minimum atomic E-state index is 1.10. The first-order valence-corrected chi connectivity index (χ1v) is 13.3. The second-order valence-electron chi connectivity index (χ2n) is 8.35. The van der Waals surface area contributed by atoms with Crippen LogP contribution < -0.4 is 0 Å². The Labute approximate surface area is 207 Å². The standard InChI is InChI=1S/C30H17BrS2/c31-22-14-20(18-9-11-29-25(16-18)23-5-1-3-7-27(23)32-29)13-21(15-22)19-10-12-30-26(17-19)24-6-2-4-8-28(24)33-30/h1-17H. The van der Waals surface area contributed by atoms with Crippen LogP contribution in [0.25, 0.3) is 62.6 Å². The highest BCUT2D eigenvalue weighted by Crippen LogP contribution is 2.39. The molecular weight excluding hydrogens is 504 g/mol. The van der Waals surface area contributed by atoms with E-state index in [9.17, 15) is 0 Å². The lowest BCUT2D eigenvalue weighted by molar-refractivity contribution is 1.59. The van der Waals surface area contributed by atoms with E-state index in [4.69, 9.17) is 0 Å². The molecule has 0 atom stereocenters. The molecule has 0 aliphatic rings. The summed E-state index contributed by atoms with van der Waals surface area (Å²) in [6.45, 7) is 0. The molecule has 0 radical (unpaired) electrons. The van der Waals surface area contributed by atoms with Crippen LogP contribution in [-0.4, -0.2) is 0 Å². The van der Waals surface area contributed by atoms with Crippen LogP contribution in [0.5, 0.6) is 0 Å². The van der Waals surface area contributed by atoms with E-state index in [-0.39, 0.29) is 0 Å². The quantitative estimate of drug-likeness (QED) is 0.212. The smallest absolute Gasteiger partial charge is 0.0355 e. The van der Waals surface area contributed by atoms with Gasteiger partial charge in [-0.3, -0.25) is 0 Å². The van der Waals surface area contributed by atoms with E-state index in [2.05, 4.69) is 119 Å². The summed E-state index contributed by atoms with van der Waals surface area (Å²) in [5, 5.41) is 5.34. The van der Waals surface area contributed by atoms with E-state index in [0.717, 1.165) is 4.47 Å². The van der Waals surface area contributed by atoms with Gasteiger partial charge in [0.15, 0.2) is 0 Å². The fourth-order valence-electron chi connectivity index (χ4n) is 4.73. The molecule has 3 heteroatoms. The molecule has 5 aromatic carbocycles. The van der Waals surface area contributed by atoms with Crippen molar-refractivity contribution in [1.82, 2.24) is 0 Å². The summed E-state index contributed by atoms with van der Waals surface area (Å²) in [7, 11) is 0. The third kappa shape index (κ3) is 3.23. The topological polar surface area (TPSA) is 0 Å². The summed E-state index contributed by atoms with van der Waals surface area (Å²) in [5.74, 6) is 0. The Morgan fingerprint density at radius 3 is 1.36 bits per heavy atom. The van der Waals surface area contributed by atoms with E-state index in [1.807, 2.05) is 22.7 Å². The molecule has 0 aliphatic carbocycles. The zero-order valence-electron chi connectivity index (χ0n) is 17.5. The molecule has 7 aromatic rings. The molecule has 0 N–H and O–H groups in total. The molecule has 0 fully saturated rings. The van der Waals surface area contributed by atoms with Gasteiger partial charge >= 0.3 is 0 Å². The molecule has 0 nitrogen and oxygen atoms in total. The van der Waals surface area contributed by atoms with Crippen molar-refractivity contribution in [1.29, 1.82) is 0 Å². The van der Waals surface area contributed by atoms with Gasteiger partial charge in [0.25, 0.3) is 0 Å². The van der Waals surface area contributed by atoms with E-state index in [1.165, 1.54) is 62.6 Å². The molecule has 0 saturated carbocycles. The summed E-state index contributed by atoms with van der Waals surface area (Å²) < 4.78 is 6.46. The number of fused-ring (bicyclic) bond motifs is 6. The molecule has 7 rings (SSSR count). The van der Waals surface area contributed by atoms with Gasteiger partial charge in [0.2, 0.25) is 0 Å². The van der Waals surface area contributed by atoms with Crippen molar-refractivity contribution in [2.75, 3.05) is 0 Å². The molecular formula is C30H17BrS2. The summed E-state index contributed by atoms with van der Waals surface area (Å²) in [5.41, 5.74) is 4.95. The van der Waals surface area contributed by atoms with Gasteiger partial charge in [0, 0.05) is 44.8 Å². The van der Waals surface area contributed by atoms with Crippen molar-refractivity contribution >= 4 is 78.9 Å². The number of hydrogen-bond acceptors (Lipinski definition) is 2. The van der Waals surface area contributed by atoms with Gasteiger partial charge in [0.05, 0.1) is 0 Å². The Hall–Kier alpha value is -2.98. The van der Waals surface area contributed by atoms with Gasteiger partial charge in [-0.05, 0) is 76.9 Å². The minimum Gasteiger partial charge on any atom is -0.135 e. The highest BCUT2D eigenvalue weighted by Gasteiger charge is 2.11. The highest BCUT2D eigenvalue weighted by molar-refractivity contribution is 9.10. The van der Waals surface area contributed by atoms with Gasteiger partial charge in [0.1, 0.15) is 0 Å². The third-order valence-electron chi connectivity index (χ3n) is 6.32. The monoisotopic (exact) mass is 520 g/mol. The SMILES string of the molecule is Brc1cc(-c2ccc3sc4ccccc4c3c2)cc(-c2ccc3sc4ccccc4c3c2)c1. The van der Waals surface area contributed by atoms with E-state index in [1.54, 1.807) is 0 Å². The van der Waals surface area contributed by atoms with Crippen LogP contribution in [0.1, 0.15) is 0 Å². The summed E-state index contributed by atoms with van der Waals surface area (Å²) in [6, 6.07) is 37.8. The Kier molecular flexibility index (Phi) is 4.44. The zero-order chi connectivity index (χ0) is 21.9. The van der Waals surface area contributed by atoms with Gasteiger partial charge in [-0.1, -0.05) is 64.5 Å². The van der Waals surface area contributed by atoms with Crippen LogP contribution in [-0.2, 0) is 0 Å². The molecule has 2 aromatic heterocycles. The number of hydrogen-bond donors (Lipinski definition) is 0. The molecule has 156 valence electrons. The number of rotatable bonds is 2. The predicted molar refractivity (Wildman–Crippen MR) is 151 cm³/mol. The second kappa shape index (κ2) is 7.53. The van der Waals surface area contributed by atoms with Crippen molar-refractivity contribution < 1.29 is 0 Å². The predicted octanol–water partition coefficient (Wildman–Crippen LogP) is 10.5. The van der Waals surface area contributed by atoms with Crippen molar-refractivity contribution in [2.45, 2.75) is 0 Å². The first-order valence-electron chi connectivity index (χ1n) is 10.9. The van der Waals surface area contributed by atoms with Crippen LogP contribution in [0, 0.1) is 0 Å². The molecule has 33 heavy (non-hydrogen) atoms. The lowest BCUT2D eigenvalue weighted by atomic mass is 9.97. The van der Waals surface area contributed by atoms with Gasteiger partial charge in [-0.2, -0.15) is 0 Å². The molecule has 0 saturated heterocycles. The van der Waals surface area contributed by atoms with Crippen molar-refractivity contribution in [3.8, 4) is 22.3 Å². The average Bonchev–Trinajstić information content (AvgIpc) is 3.41. The molecule has 0 bridgehead atoms. The Balaban J connectivity index is 1.39. The van der Waals surface area contributed by atoms with Crippen molar-refractivity contribution in [3.63, 3.8) is 0 Å². The maximum absolute atomic E-state index is 3.78. The first kappa shape index (κ1) is 19.5. The first-order chi connectivity index (χ1) is 16.2. The Morgan fingerprint density at radius 2 is 0.848 bits per heavy atom. The molecule has 2 heterocycles. The maximum Gasteiger partial charge on any atom is 0.0355 e. The molecule has 0 aliphatic heterocycles. The summed E-state index contributed by atoms with van der Waals surface area (Å²) >= 11 is 7.50. The largest absolute Gasteiger partial charge is 0.135 e. The van der Waals surface area contributed by atoms with E-state index < -0.39 is 0 Å². The fourth-order valence-corrected chi connectivity index (χ4v) is 7.40.